The van der Waals surface area contributed by atoms with Gasteiger partial charge in [-0.1, -0.05) is 30.3 Å². The van der Waals surface area contributed by atoms with Gasteiger partial charge in [-0.05, 0) is 38.7 Å². The van der Waals surface area contributed by atoms with E-state index in [9.17, 15) is 9.18 Å². The molecule has 28 heavy (non-hydrogen) atoms. The first-order valence-corrected chi connectivity index (χ1v) is 9.18. The maximum absolute atomic E-state index is 14.9. The van der Waals surface area contributed by atoms with E-state index < -0.39 is 5.54 Å². The molecule has 0 fully saturated rings. The number of rotatable bonds is 4. The number of para-hydroxylation sites is 1. The average molecular weight is 378 g/mol. The Balaban J connectivity index is 1.69. The molecule has 0 bridgehead atoms. The molecule has 1 atom stereocenters. The fraction of sp³-hybridized carbons (Fsp3) is 0.273. The second kappa shape index (κ2) is 6.56. The molecule has 1 aliphatic heterocycles. The fourth-order valence-corrected chi connectivity index (χ4v) is 3.79. The number of aryl methyl sites for hydroxylation is 1. The van der Waals surface area contributed by atoms with Crippen molar-refractivity contribution < 1.29 is 9.18 Å². The minimum atomic E-state index is -0.761. The van der Waals surface area contributed by atoms with Gasteiger partial charge < -0.3 is 4.90 Å². The molecule has 1 amide bonds. The van der Waals surface area contributed by atoms with E-state index in [1.165, 1.54) is 6.07 Å². The zero-order chi connectivity index (χ0) is 20.1. The van der Waals surface area contributed by atoms with Crippen LogP contribution in [0.3, 0.4) is 0 Å². The Hall–Kier alpha value is -2.99. The quantitative estimate of drug-likeness (QED) is 0.697. The number of likely N-dealkylation sites (N-methyl/N-ethyl adjacent to an activating group) is 1. The van der Waals surface area contributed by atoms with Gasteiger partial charge in [-0.2, -0.15) is 5.10 Å². The Morgan fingerprint density at radius 3 is 2.54 bits per heavy atom. The van der Waals surface area contributed by atoms with E-state index in [-0.39, 0.29) is 18.3 Å². The standard InChI is InChI=1S/C22H23FN4O/c1-22(25(2)3)18-7-5-6-8-20(18)27(21(22)28)14-16-10-9-15(11-19(16)23)17-12-24-26(4)13-17/h5-13H,14H2,1-4H3. The summed E-state index contributed by atoms with van der Waals surface area (Å²) in [4.78, 5) is 16.9. The first-order valence-electron chi connectivity index (χ1n) is 9.18. The largest absolute Gasteiger partial charge is 0.306 e. The molecular formula is C22H23FN4O. The number of anilines is 1. The number of halogens is 1. The van der Waals surface area contributed by atoms with Crippen molar-refractivity contribution in [1.29, 1.82) is 0 Å². The third-order valence-corrected chi connectivity index (χ3v) is 5.70. The highest BCUT2D eigenvalue weighted by atomic mass is 19.1. The molecule has 0 saturated carbocycles. The van der Waals surface area contributed by atoms with Gasteiger partial charge in [0.1, 0.15) is 11.4 Å². The predicted octanol–water partition coefficient (Wildman–Crippen LogP) is 3.55. The van der Waals surface area contributed by atoms with Crippen LogP contribution in [0.1, 0.15) is 18.1 Å². The van der Waals surface area contributed by atoms with Crippen molar-refractivity contribution in [3.63, 3.8) is 0 Å². The van der Waals surface area contributed by atoms with Crippen LogP contribution in [0.25, 0.3) is 11.1 Å². The number of nitrogens with zero attached hydrogens (tertiary/aromatic N) is 4. The Morgan fingerprint density at radius 1 is 1.14 bits per heavy atom. The van der Waals surface area contributed by atoms with E-state index in [4.69, 9.17) is 0 Å². The van der Waals surface area contributed by atoms with Crippen LogP contribution in [0.4, 0.5) is 10.1 Å². The summed E-state index contributed by atoms with van der Waals surface area (Å²) in [5.41, 5.74) is 3.12. The minimum Gasteiger partial charge on any atom is -0.306 e. The van der Waals surface area contributed by atoms with Crippen molar-refractivity contribution in [3.05, 3.63) is 71.8 Å². The highest BCUT2D eigenvalue weighted by Crippen LogP contribution is 2.43. The smallest absolute Gasteiger partial charge is 0.252 e. The van der Waals surface area contributed by atoms with E-state index in [2.05, 4.69) is 5.10 Å². The van der Waals surface area contributed by atoms with Gasteiger partial charge in [-0.25, -0.2) is 4.39 Å². The van der Waals surface area contributed by atoms with Crippen molar-refractivity contribution in [2.75, 3.05) is 19.0 Å². The van der Waals surface area contributed by atoms with Gasteiger partial charge in [-0.3, -0.25) is 14.4 Å². The number of hydrogen-bond donors (Lipinski definition) is 0. The molecule has 1 aliphatic rings. The number of aromatic nitrogens is 2. The van der Waals surface area contributed by atoms with Crippen molar-refractivity contribution in [3.8, 4) is 11.1 Å². The number of fused-ring (bicyclic) bond motifs is 1. The van der Waals surface area contributed by atoms with E-state index in [1.807, 2.05) is 69.5 Å². The normalized spacial score (nSPS) is 18.8. The lowest BCUT2D eigenvalue weighted by Gasteiger charge is -2.31. The van der Waals surface area contributed by atoms with E-state index >= 15 is 0 Å². The molecule has 4 rings (SSSR count). The number of carbonyl (C=O) groups excluding carboxylic acids is 1. The molecule has 0 aliphatic carbocycles. The van der Waals surface area contributed by atoms with Crippen molar-refractivity contribution in [2.45, 2.75) is 19.0 Å². The molecule has 2 aromatic carbocycles. The van der Waals surface area contributed by atoms with Gasteiger partial charge in [0.05, 0.1) is 12.7 Å². The molecule has 0 saturated heterocycles. The summed E-state index contributed by atoms with van der Waals surface area (Å²) in [5, 5.41) is 4.13. The summed E-state index contributed by atoms with van der Waals surface area (Å²) in [6.45, 7) is 2.11. The zero-order valence-corrected chi connectivity index (χ0v) is 16.5. The van der Waals surface area contributed by atoms with Crippen LogP contribution >= 0.6 is 0 Å². The lowest BCUT2D eigenvalue weighted by Crippen LogP contribution is -2.47. The van der Waals surface area contributed by atoms with Crippen LogP contribution in [0.15, 0.2) is 54.9 Å². The van der Waals surface area contributed by atoms with E-state index in [1.54, 1.807) is 21.8 Å². The summed E-state index contributed by atoms with van der Waals surface area (Å²) in [6, 6.07) is 12.8. The zero-order valence-electron chi connectivity index (χ0n) is 16.5. The molecule has 0 radical (unpaired) electrons. The SMILES string of the molecule is CN(C)C1(C)C(=O)N(Cc2ccc(-c3cnn(C)c3)cc2F)c2ccccc21. The maximum Gasteiger partial charge on any atom is 0.252 e. The van der Waals surface area contributed by atoms with Gasteiger partial charge in [0, 0.05) is 35.6 Å². The van der Waals surface area contributed by atoms with Crippen LogP contribution in [0, 0.1) is 5.82 Å². The Morgan fingerprint density at radius 2 is 1.89 bits per heavy atom. The topological polar surface area (TPSA) is 41.4 Å². The average Bonchev–Trinajstić information content (AvgIpc) is 3.20. The van der Waals surface area contributed by atoms with Crippen LogP contribution in [-0.4, -0.2) is 34.7 Å². The van der Waals surface area contributed by atoms with Crippen LogP contribution in [0.2, 0.25) is 0 Å². The van der Waals surface area contributed by atoms with Gasteiger partial charge >= 0.3 is 0 Å². The summed E-state index contributed by atoms with van der Waals surface area (Å²) in [5.74, 6) is -0.375. The van der Waals surface area contributed by atoms with Gasteiger partial charge in [0.15, 0.2) is 0 Å². The van der Waals surface area contributed by atoms with E-state index in [0.29, 0.717) is 5.56 Å². The van der Waals surface area contributed by atoms with E-state index in [0.717, 1.165) is 22.4 Å². The first-order chi connectivity index (χ1) is 13.3. The van der Waals surface area contributed by atoms with Crippen molar-refractivity contribution in [2.24, 2.45) is 7.05 Å². The lowest BCUT2D eigenvalue weighted by atomic mass is 9.92. The van der Waals surface area contributed by atoms with Gasteiger partial charge in [-0.15, -0.1) is 0 Å². The number of hydrogen-bond acceptors (Lipinski definition) is 3. The summed E-state index contributed by atoms with van der Waals surface area (Å²) >= 11 is 0. The molecular weight excluding hydrogens is 355 g/mol. The molecule has 1 aromatic heterocycles. The molecule has 6 heteroatoms. The molecule has 1 unspecified atom stereocenters. The molecule has 144 valence electrons. The monoisotopic (exact) mass is 378 g/mol. The van der Waals surface area contributed by atoms with Crippen molar-refractivity contribution >= 4 is 11.6 Å². The van der Waals surface area contributed by atoms with Crippen LogP contribution in [-0.2, 0) is 23.9 Å². The Labute approximate surface area is 164 Å². The molecule has 5 nitrogen and oxygen atoms in total. The number of benzene rings is 2. The minimum absolute atomic E-state index is 0.0468. The molecule has 2 heterocycles. The van der Waals surface area contributed by atoms with Gasteiger partial charge in [0.2, 0.25) is 0 Å². The number of carbonyl (C=O) groups is 1. The summed E-state index contributed by atoms with van der Waals surface area (Å²) in [6.07, 6.45) is 3.55. The third kappa shape index (κ3) is 2.72. The second-order valence-electron chi connectivity index (χ2n) is 7.58. The molecule has 3 aromatic rings. The fourth-order valence-electron chi connectivity index (χ4n) is 3.79. The summed E-state index contributed by atoms with van der Waals surface area (Å²) in [7, 11) is 5.61. The van der Waals surface area contributed by atoms with Gasteiger partial charge in [0.25, 0.3) is 5.91 Å². The predicted molar refractivity (Wildman–Crippen MR) is 107 cm³/mol. The molecule has 0 spiro atoms. The highest BCUT2D eigenvalue weighted by molar-refractivity contribution is 6.07. The highest BCUT2D eigenvalue weighted by Gasteiger charge is 2.48. The molecule has 0 N–H and O–H groups in total. The lowest BCUT2D eigenvalue weighted by molar-refractivity contribution is -0.127. The Bertz CT molecular complexity index is 1060. The second-order valence-corrected chi connectivity index (χ2v) is 7.58. The summed E-state index contributed by atoms with van der Waals surface area (Å²) < 4.78 is 16.6. The van der Waals surface area contributed by atoms with Crippen LogP contribution < -0.4 is 4.90 Å². The Kier molecular flexibility index (Phi) is 4.31. The maximum atomic E-state index is 14.9. The number of amides is 1. The van der Waals surface area contributed by atoms with Crippen LogP contribution in [0.5, 0.6) is 0 Å². The third-order valence-electron chi connectivity index (χ3n) is 5.70. The van der Waals surface area contributed by atoms with Crippen molar-refractivity contribution in [1.82, 2.24) is 14.7 Å². The first kappa shape index (κ1) is 18.4.